The van der Waals surface area contributed by atoms with Gasteiger partial charge in [-0.15, -0.1) is 0 Å². The minimum atomic E-state index is -0.440. The lowest BCUT2D eigenvalue weighted by Gasteiger charge is -2.12. The van der Waals surface area contributed by atoms with E-state index in [4.69, 9.17) is 18.0 Å². The van der Waals surface area contributed by atoms with Gasteiger partial charge in [-0.3, -0.25) is 9.59 Å². The number of thiocarbonyl (C=S) groups is 1. The lowest BCUT2D eigenvalue weighted by atomic mass is 10.1. The van der Waals surface area contributed by atoms with Crippen LogP contribution in [0.2, 0.25) is 0 Å². The Morgan fingerprint density at radius 3 is 2.47 bits per heavy atom. The second-order valence-electron chi connectivity index (χ2n) is 3.08. The molecule has 0 aromatic rings. The molecule has 1 unspecified atom stereocenters. The van der Waals surface area contributed by atoms with E-state index in [1.54, 1.807) is 7.05 Å². The maximum Gasteiger partial charge on any atom is 0.229 e. The van der Waals surface area contributed by atoms with Crippen molar-refractivity contribution in [2.45, 2.75) is 19.8 Å². The van der Waals surface area contributed by atoms with Crippen molar-refractivity contribution in [1.29, 1.82) is 0 Å². The molecule has 0 rings (SSSR count). The summed E-state index contributed by atoms with van der Waals surface area (Å²) in [6.07, 6.45) is 0.831. The number of nitrogens with one attached hydrogen (secondary N) is 2. The first-order valence-corrected chi connectivity index (χ1v) is 5.21. The molecule has 6 heteroatoms. The van der Waals surface area contributed by atoms with Crippen molar-refractivity contribution < 1.29 is 9.59 Å². The Hall–Kier alpha value is -1.17. The van der Waals surface area contributed by atoms with Crippen molar-refractivity contribution in [3.63, 3.8) is 0 Å². The van der Waals surface area contributed by atoms with Crippen LogP contribution in [0.5, 0.6) is 0 Å². The standard InChI is InChI=1S/C9H17N3O2S/c1-3-6(8(10)15)9(14)12-5-4-7(13)11-2/h6H,3-5H2,1-2H3,(H2,10,15)(H,11,13)(H,12,14). The highest BCUT2D eigenvalue weighted by Crippen LogP contribution is 2.02. The van der Waals surface area contributed by atoms with Gasteiger partial charge < -0.3 is 16.4 Å². The normalized spacial score (nSPS) is 11.6. The van der Waals surface area contributed by atoms with E-state index < -0.39 is 5.92 Å². The summed E-state index contributed by atoms with van der Waals surface area (Å²) in [6, 6.07) is 0. The van der Waals surface area contributed by atoms with Gasteiger partial charge in [-0.25, -0.2) is 0 Å². The second-order valence-corrected chi connectivity index (χ2v) is 3.55. The summed E-state index contributed by atoms with van der Waals surface area (Å²) >= 11 is 4.75. The Labute approximate surface area is 94.8 Å². The van der Waals surface area contributed by atoms with E-state index in [9.17, 15) is 9.59 Å². The van der Waals surface area contributed by atoms with E-state index in [-0.39, 0.29) is 23.2 Å². The molecule has 0 heterocycles. The first-order valence-electron chi connectivity index (χ1n) is 4.80. The molecule has 86 valence electrons. The molecule has 0 aromatic heterocycles. The van der Waals surface area contributed by atoms with E-state index in [1.807, 2.05) is 6.92 Å². The Morgan fingerprint density at radius 2 is 2.07 bits per heavy atom. The van der Waals surface area contributed by atoms with Crippen LogP contribution in [0.1, 0.15) is 19.8 Å². The molecule has 0 aliphatic rings. The summed E-state index contributed by atoms with van der Waals surface area (Å²) in [6.45, 7) is 2.14. The van der Waals surface area contributed by atoms with Gasteiger partial charge in [-0.1, -0.05) is 19.1 Å². The largest absolute Gasteiger partial charge is 0.393 e. The summed E-state index contributed by atoms with van der Waals surface area (Å²) in [5, 5.41) is 5.08. The molecule has 0 aliphatic heterocycles. The minimum Gasteiger partial charge on any atom is -0.393 e. The predicted molar refractivity (Wildman–Crippen MR) is 62.3 cm³/mol. The van der Waals surface area contributed by atoms with E-state index in [2.05, 4.69) is 10.6 Å². The third kappa shape index (κ3) is 5.31. The fraction of sp³-hybridized carbons (Fsp3) is 0.667. The Kier molecular flexibility index (Phi) is 6.61. The van der Waals surface area contributed by atoms with Crippen molar-refractivity contribution in [2.75, 3.05) is 13.6 Å². The van der Waals surface area contributed by atoms with Gasteiger partial charge in [0, 0.05) is 20.0 Å². The van der Waals surface area contributed by atoms with Gasteiger partial charge in [-0.2, -0.15) is 0 Å². The lowest BCUT2D eigenvalue weighted by Crippen LogP contribution is -2.38. The van der Waals surface area contributed by atoms with Crippen LogP contribution in [0.4, 0.5) is 0 Å². The van der Waals surface area contributed by atoms with Crippen LogP contribution < -0.4 is 16.4 Å². The maximum atomic E-state index is 11.5. The topological polar surface area (TPSA) is 84.2 Å². The average molecular weight is 231 g/mol. The summed E-state index contributed by atoms with van der Waals surface area (Å²) in [5.41, 5.74) is 5.40. The Balaban J connectivity index is 3.92. The Bertz CT molecular complexity index is 256. The zero-order chi connectivity index (χ0) is 11.8. The molecule has 0 saturated heterocycles. The summed E-state index contributed by atoms with van der Waals surface area (Å²) in [7, 11) is 1.55. The average Bonchev–Trinajstić information content (AvgIpc) is 2.17. The fourth-order valence-corrected chi connectivity index (χ4v) is 1.34. The SMILES string of the molecule is CCC(C(=O)NCCC(=O)NC)C(N)=S. The van der Waals surface area contributed by atoms with Crippen LogP contribution in [0.3, 0.4) is 0 Å². The molecule has 0 aromatic carbocycles. The van der Waals surface area contributed by atoms with E-state index in [0.717, 1.165) is 0 Å². The molecular weight excluding hydrogens is 214 g/mol. The molecule has 15 heavy (non-hydrogen) atoms. The van der Waals surface area contributed by atoms with Crippen LogP contribution in [-0.4, -0.2) is 30.4 Å². The third-order valence-electron chi connectivity index (χ3n) is 2.00. The molecule has 0 aliphatic carbocycles. The number of carbonyl (C=O) groups is 2. The molecule has 1 atom stereocenters. The number of hydrogen-bond acceptors (Lipinski definition) is 3. The first-order chi connectivity index (χ1) is 7.02. The molecule has 0 saturated carbocycles. The number of carbonyl (C=O) groups excluding carboxylic acids is 2. The molecule has 4 N–H and O–H groups in total. The predicted octanol–water partition coefficient (Wildman–Crippen LogP) is -0.449. The van der Waals surface area contributed by atoms with Crippen molar-refractivity contribution >= 4 is 29.0 Å². The van der Waals surface area contributed by atoms with Crippen LogP contribution in [0.25, 0.3) is 0 Å². The molecule has 0 radical (unpaired) electrons. The number of amides is 2. The highest BCUT2D eigenvalue weighted by atomic mass is 32.1. The van der Waals surface area contributed by atoms with Gasteiger partial charge >= 0.3 is 0 Å². The van der Waals surface area contributed by atoms with Crippen LogP contribution in [0.15, 0.2) is 0 Å². The fourth-order valence-electron chi connectivity index (χ4n) is 1.06. The number of hydrogen-bond donors (Lipinski definition) is 3. The molecular formula is C9H17N3O2S. The summed E-state index contributed by atoms with van der Waals surface area (Å²) in [4.78, 5) is 22.5. The van der Waals surface area contributed by atoms with Crippen molar-refractivity contribution in [1.82, 2.24) is 10.6 Å². The van der Waals surface area contributed by atoms with Crippen LogP contribution >= 0.6 is 12.2 Å². The summed E-state index contributed by atoms with van der Waals surface area (Å²) in [5.74, 6) is -0.766. The van der Waals surface area contributed by atoms with Crippen molar-refractivity contribution in [3.8, 4) is 0 Å². The van der Waals surface area contributed by atoms with Crippen LogP contribution in [0, 0.1) is 5.92 Å². The van der Waals surface area contributed by atoms with Gasteiger partial charge in [0.25, 0.3) is 0 Å². The smallest absolute Gasteiger partial charge is 0.229 e. The van der Waals surface area contributed by atoms with Gasteiger partial charge in [0.1, 0.15) is 0 Å². The second kappa shape index (κ2) is 7.17. The third-order valence-corrected chi connectivity index (χ3v) is 2.28. The molecule has 0 fully saturated rings. The molecule has 5 nitrogen and oxygen atoms in total. The lowest BCUT2D eigenvalue weighted by molar-refractivity contribution is -0.123. The number of rotatable bonds is 6. The molecule has 0 spiro atoms. The monoisotopic (exact) mass is 231 g/mol. The quantitative estimate of drug-likeness (QED) is 0.541. The van der Waals surface area contributed by atoms with Gasteiger partial charge in [0.2, 0.25) is 11.8 Å². The highest BCUT2D eigenvalue weighted by molar-refractivity contribution is 7.80. The maximum absolute atomic E-state index is 11.5. The van der Waals surface area contributed by atoms with Gasteiger partial charge in [0.15, 0.2) is 0 Å². The molecule has 2 amide bonds. The first kappa shape index (κ1) is 13.8. The van der Waals surface area contributed by atoms with Crippen LogP contribution in [-0.2, 0) is 9.59 Å². The number of nitrogens with two attached hydrogens (primary N) is 1. The minimum absolute atomic E-state index is 0.112. The zero-order valence-corrected chi connectivity index (χ0v) is 9.82. The van der Waals surface area contributed by atoms with Crippen molar-refractivity contribution in [3.05, 3.63) is 0 Å². The van der Waals surface area contributed by atoms with Gasteiger partial charge in [-0.05, 0) is 6.42 Å². The molecule has 0 bridgehead atoms. The zero-order valence-electron chi connectivity index (χ0n) is 9.00. The van der Waals surface area contributed by atoms with E-state index in [0.29, 0.717) is 13.0 Å². The van der Waals surface area contributed by atoms with Gasteiger partial charge in [0.05, 0.1) is 10.9 Å². The Morgan fingerprint density at radius 1 is 1.47 bits per heavy atom. The van der Waals surface area contributed by atoms with E-state index in [1.165, 1.54) is 0 Å². The highest BCUT2D eigenvalue weighted by Gasteiger charge is 2.18. The van der Waals surface area contributed by atoms with E-state index >= 15 is 0 Å². The van der Waals surface area contributed by atoms with Crippen molar-refractivity contribution in [2.24, 2.45) is 11.7 Å². The summed E-state index contributed by atoms with van der Waals surface area (Å²) < 4.78 is 0.